The van der Waals surface area contributed by atoms with Crippen molar-refractivity contribution in [1.82, 2.24) is 0 Å². The summed E-state index contributed by atoms with van der Waals surface area (Å²) in [6.07, 6.45) is 6.46. The van der Waals surface area contributed by atoms with Crippen LogP contribution in [-0.4, -0.2) is 5.78 Å². The van der Waals surface area contributed by atoms with Crippen molar-refractivity contribution >= 4 is 11.5 Å². The summed E-state index contributed by atoms with van der Waals surface area (Å²) < 4.78 is 0. The second-order valence-electron chi connectivity index (χ2n) is 5.98. The predicted molar refractivity (Wildman–Crippen MR) is 90.0 cm³/mol. The van der Waals surface area contributed by atoms with Crippen molar-refractivity contribution < 1.29 is 4.79 Å². The van der Waals surface area contributed by atoms with E-state index in [0.717, 1.165) is 22.4 Å². The van der Waals surface area contributed by atoms with Gasteiger partial charge in [-0.1, -0.05) is 24.1 Å². The topological polar surface area (TPSA) is 29.1 Å². The van der Waals surface area contributed by atoms with Crippen LogP contribution in [0.5, 0.6) is 0 Å². The van der Waals surface area contributed by atoms with Crippen molar-refractivity contribution in [3.8, 4) is 12.3 Å². The Morgan fingerprint density at radius 1 is 1.18 bits per heavy atom. The highest BCUT2D eigenvalue weighted by molar-refractivity contribution is 5.85. The molecule has 2 aromatic carbocycles. The molecule has 0 saturated heterocycles. The fourth-order valence-electron chi connectivity index (χ4n) is 2.95. The van der Waals surface area contributed by atoms with Crippen molar-refractivity contribution in [2.75, 3.05) is 5.32 Å². The van der Waals surface area contributed by atoms with Gasteiger partial charge in [-0.15, -0.1) is 6.42 Å². The standard InChI is InChI=1S/C20H19NO/c1-4-15-6-5-7-16(10-15)20-12-18(22)11-17-8-13(2)14(3)9-19(17)21-20/h1,5-10,20-21H,11-12H2,2-3H3. The molecule has 0 amide bonds. The Hall–Kier alpha value is -2.53. The van der Waals surface area contributed by atoms with Gasteiger partial charge in [0.05, 0.1) is 6.04 Å². The number of nitrogens with one attached hydrogen (secondary N) is 1. The maximum absolute atomic E-state index is 12.3. The van der Waals surface area contributed by atoms with Crippen LogP contribution in [0, 0.1) is 26.2 Å². The zero-order valence-electron chi connectivity index (χ0n) is 12.9. The molecule has 0 saturated carbocycles. The van der Waals surface area contributed by atoms with E-state index in [-0.39, 0.29) is 11.8 Å². The number of carbonyl (C=O) groups excluding carboxylic acids is 1. The van der Waals surface area contributed by atoms with Gasteiger partial charge in [0.1, 0.15) is 5.78 Å². The Kier molecular flexibility index (Phi) is 3.73. The minimum absolute atomic E-state index is 0.0239. The molecule has 0 bridgehead atoms. The number of hydrogen-bond donors (Lipinski definition) is 1. The fraction of sp³-hybridized carbons (Fsp3) is 0.250. The van der Waals surface area contributed by atoms with E-state index in [4.69, 9.17) is 6.42 Å². The largest absolute Gasteiger partial charge is 0.378 e. The van der Waals surface area contributed by atoms with Gasteiger partial charge in [0, 0.05) is 24.1 Å². The first-order chi connectivity index (χ1) is 10.6. The molecule has 1 atom stereocenters. The third kappa shape index (κ3) is 2.76. The Labute approximate surface area is 131 Å². The van der Waals surface area contributed by atoms with E-state index in [1.54, 1.807) is 0 Å². The van der Waals surface area contributed by atoms with Crippen molar-refractivity contribution in [1.29, 1.82) is 0 Å². The summed E-state index contributed by atoms with van der Waals surface area (Å²) in [5.41, 5.74) is 6.51. The summed E-state index contributed by atoms with van der Waals surface area (Å²) in [6, 6.07) is 12.1. The number of aryl methyl sites for hydroxylation is 2. The highest BCUT2D eigenvalue weighted by Crippen LogP contribution is 2.32. The summed E-state index contributed by atoms with van der Waals surface area (Å²) in [4.78, 5) is 12.3. The SMILES string of the molecule is C#Cc1cccc(C2CC(=O)Cc3cc(C)c(C)cc3N2)c1. The molecule has 1 N–H and O–H groups in total. The third-order valence-electron chi connectivity index (χ3n) is 4.32. The average Bonchev–Trinajstić information content (AvgIpc) is 2.66. The second-order valence-corrected chi connectivity index (χ2v) is 5.98. The maximum Gasteiger partial charge on any atom is 0.139 e. The molecule has 0 aromatic heterocycles. The van der Waals surface area contributed by atoms with Crippen LogP contribution in [0.1, 0.15) is 40.3 Å². The molecular weight excluding hydrogens is 270 g/mol. The number of rotatable bonds is 1. The predicted octanol–water partition coefficient (Wildman–Crippen LogP) is 3.95. The quantitative estimate of drug-likeness (QED) is 0.805. The average molecular weight is 289 g/mol. The van der Waals surface area contributed by atoms with Crippen LogP contribution in [0.3, 0.4) is 0 Å². The minimum Gasteiger partial charge on any atom is -0.378 e. The monoisotopic (exact) mass is 289 g/mol. The van der Waals surface area contributed by atoms with Crippen LogP contribution in [0.4, 0.5) is 5.69 Å². The molecule has 110 valence electrons. The zero-order chi connectivity index (χ0) is 15.7. The maximum atomic E-state index is 12.3. The minimum atomic E-state index is -0.0239. The molecule has 2 heteroatoms. The van der Waals surface area contributed by atoms with Gasteiger partial charge >= 0.3 is 0 Å². The van der Waals surface area contributed by atoms with Crippen LogP contribution in [-0.2, 0) is 11.2 Å². The lowest BCUT2D eigenvalue weighted by Crippen LogP contribution is -2.13. The van der Waals surface area contributed by atoms with Gasteiger partial charge in [-0.3, -0.25) is 4.79 Å². The first-order valence-corrected chi connectivity index (χ1v) is 7.52. The molecule has 2 aromatic rings. The molecule has 1 aliphatic heterocycles. The molecule has 1 unspecified atom stereocenters. The van der Waals surface area contributed by atoms with Crippen molar-refractivity contribution in [3.63, 3.8) is 0 Å². The summed E-state index contributed by atoms with van der Waals surface area (Å²) in [5.74, 6) is 2.91. The molecule has 0 fully saturated rings. The van der Waals surface area contributed by atoms with Crippen LogP contribution >= 0.6 is 0 Å². The van der Waals surface area contributed by atoms with Gasteiger partial charge in [0.25, 0.3) is 0 Å². The molecular formula is C20H19NO. The lowest BCUT2D eigenvalue weighted by atomic mass is 9.98. The molecule has 1 aliphatic rings. The van der Waals surface area contributed by atoms with Gasteiger partial charge in [-0.2, -0.15) is 0 Å². The molecule has 2 nitrogen and oxygen atoms in total. The zero-order valence-corrected chi connectivity index (χ0v) is 12.9. The highest BCUT2D eigenvalue weighted by atomic mass is 16.1. The number of carbonyl (C=O) groups is 1. The molecule has 0 radical (unpaired) electrons. The van der Waals surface area contributed by atoms with E-state index in [0.29, 0.717) is 12.8 Å². The molecule has 0 aliphatic carbocycles. The fourth-order valence-corrected chi connectivity index (χ4v) is 2.95. The number of ketones is 1. The van der Waals surface area contributed by atoms with E-state index in [9.17, 15) is 4.79 Å². The Morgan fingerprint density at radius 2 is 1.95 bits per heavy atom. The number of hydrogen-bond acceptors (Lipinski definition) is 2. The van der Waals surface area contributed by atoms with Crippen LogP contribution < -0.4 is 5.32 Å². The van der Waals surface area contributed by atoms with E-state index in [1.165, 1.54) is 11.1 Å². The lowest BCUT2D eigenvalue weighted by molar-refractivity contribution is -0.118. The van der Waals surface area contributed by atoms with Crippen LogP contribution in [0.2, 0.25) is 0 Å². The normalized spacial score (nSPS) is 17.1. The highest BCUT2D eigenvalue weighted by Gasteiger charge is 2.23. The smallest absolute Gasteiger partial charge is 0.139 e. The first-order valence-electron chi connectivity index (χ1n) is 7.52. The van der Waals surface area contributed by atoms with Crippen molar-refractivity contribution in [2.24, 2.45) is 0 Å². The van der Waals surface area contributed by atoms with E-state index >= 15 is 0 Å². The Balaban J connectivity index is 2.02. The van der Waals surface area contributed by atoms with Gasteiger partial charge in [0.15, 0.2) is 0 Å². The molecule has 0 spiro atoms. The molecule has 22 heavy (non-hydrogen) atoms. The number of Topliss-reactive ketones (excluding diaryl/α,β-unsaturated/α-hetero) is 1. The summed E-state index contributed by atoms with van der Waals surface area (Å²) in [6.45, 7) is 4.18. The molecule has 1 heterocycles. The van der Waals surface area contributed by atoms with Crippen molar-refractivity contribution in [2.45, 2.75) is 32.7 Å². The number of anilines is 1. The molecule has 3 rings (SSSR count). The number of benzene rings is 2. The van der Waals surface area contributed by atoms with Crippen molar-refractivity contribution in [3.05, 3.63) is 64.2 Å². The van der Waals surface area contributed by atoms with Gasteiger partial charge in [-0.05, 0) is 54.3 Å². The first kappa shape index (κ1) is 14.4. The summed E-state index contributed by atoms with van der Waals surface area (Å²) in [7, 11) is 0. The Morgan fingerprint density at radius 3 is 2.73 bits per heavy atom. The van der Waals surface area contributed by atoms with E-state index < -0.39 is 0 Å². The summed E-state index contributed by atoms with van der Waals surface area (Å²) in [5, 5.41) is 3.54. The third-order valence-corrected chi connectivity index (χ3v) is 4.32. The van der Waals surface area contributed by atoms with Crippen LogP contribution in [0.25, 0.3) is 0 Å². The number of terminal acetylenes is 1. The number of fused-ring (bicyclic) bond motifs is 1. The van der Waals surface area contributed by atoms with Gasteiger partial charge in [-0.25, -0.2) is 0 Å². The lowest BCUT2D eigenvalue weighted by Gasteiger charge is -2.19. The van der Waals surface area contributed by atoms with Gasteiger partial charge in [0.2, 0.25) is 0 Å². The van der Waals surface area contributed by atoms with Gasteiger partial charge < -0.3 is 5.32 Å². The summed E-state index contributed by atoms with van der Waals surface area (Å²) >= 11 is 0. The Bertz CT molecular complexity index is 783. The van der Waals surface area contributed by atoms with E-state index in [1.807, 2.05) is 24.3 Å². The van der Waals surface area contributed by atoms with Crippen LogP contribution in [0.15, 0.2) is 36.4 Å². The second kappa shape index (κ2) is 5.69. The van der Waals surface area contributed by atoms with E-state index in [2.05, 4.69) is 37.2 Å².